The van der Waals surface area contributed by atoms with Crippen LogP contribution in [0.2, 0.25) is 10.0 Å². The fourth-order valence-electron chi connectivity index (χ4n) is 2.32. The molecule has 0 saturated heterocycles. The number of ether oxygens (including phenoxy) is 1. The molecular weight excluding hydrogens is 389 g/mol. The smallest absolute Gasteiger partial charge is 0.338 e. The number of carbonyl (C=O) groups excluding carboxylic acids is 1. The van der Waals surface area contributed by atoms with Crippen molar-refractivity contribution >= 4 is 40.9 Å². The molecule has 6 heteroatoms. The zero-order valence-corrected chi connectivity index (χ0v) is 16.2. The highest BCUT2D eigenvalue weighted by atomic mass is 35.5. The highest BCUT2D eigenvalue weighted by molar-refractivity contribution is 7.99. The molecule has 0 N–H and O–H groups in total. The first-order valence-corrected chi connectivity index (χ1v) is 9.51. The van der Waals surface area contributed by atoms with E-state index in [0.717, 1.165) is 21.2 Å². The summed E-state index contributed by atoms with van der Waals surface area (Å²) in [5.74, 6) is -0.340. The van der Waals surface area contributed by atoms with E-state index in [9.17, 15) is 4.79 Å². The van der Waals surface area contributed by atoms with Crippen LogP contribution in [0.1, 0.15) is 17.3 Å². The second kappa shape index (κ2) is 8.58. The zero-order valence-electron chi connectivity index (χ0n) is 13.9. The summed E-state index contributed by atoms with van der Waals surface area (Å²) >= 11 is 13.6. The molecule has 26 heavy (non-hydrogen) atoms. The Kier molecular flexibility index (Phi) is 6.20. The van der Waals surface area contributed by atoms with E-state index in [2.05, 4.69) is 4.98 Å². The first-order valence-electron chi connectivity index (χ1n) is 7.94. The molecule has 0 unspecified atom stereocenters. The van der Waals surface area contributed by atoms with Gasteiger partial charge in [-0.15, -0.1) is 0 Å². The molecule has 3 aromatic rings. The average Bonchev–Trinajstić information content (AvgIpc) is 2.65. The first kappa shape index (κ1) is 18.8. The first-order chi connectivity index (χ1) is 12.6. The Morgan fingerprint density at radius 3 is 2.65 bits per heavy atom. The van der Waals surface area contributed by atoms with Crippen LogP contribution in [0.5, 0.6) is 0 Å². The van der Waals surface area contributed by atoms with Gasteiger partial charge in [-0.05, 0) is 49.4 Å². The van der Waals surface area contributed by atoms with E-state index < -0.39 is 0 Å². The monoisotopic (exact) mass is 403 g/mol. The van der Waals surface area contributed by atoms with Crippen LogP contribution in [0.15, 0.2) is 70.6 Å². The van der Waals surface area contributed by atoms with Crippen molar-refractivity contribution in [3.63, 3.8) is 0 Å². The maximum Gasteiger partial charge on any atom is 0.338 e. The minimum Gasteiger partial charge on any atom is -0.462 e. The molecule has 0 atom stereocenters. The standard InChI is InChI=1S/C20H15Cl2NO2S/c1-2-25-20(24)14-6-3-5-13(11-14)17-7-4-8-19(23-17)26-18-10-9-15(21)12-16(18)22/h3-12H,2H2,1H3. The maximum atomic E-state index is 11.9. The maximum absolute atomic E-state index is 11.9. The Bertz CT molecular complexity index is 947. The number of benzene rings is 2. The third-order valence-electron chi connectivity index (χ3n) is 3.50. The van der Waals surface area contributed by atoms with Crippen molar-refractivity contribution in [1.82, 2.24) is 4.98 Å². The van der Waals surface area contributed by atoms with E-state index >= 15 is 0 Å². The minimum atomic E-state index is -0.340. The number of hydrogen-bond acceptors (Lipinski definition) is 4. The Balaban J connectivity index is 1.87. The Morgan fingerprint density at radius 1 is 1.08 bits per heavy atom. The fourth-order valence-corrected chi connectivity index (χ4v) is 3.66. The van der Waals surface area contributed by atoms with Gasteiger partial charge in [0.1, 0.15) is 5.03 Å². The highest BCUT2D eigenvalue weighted by Gasteiger charge is 2.10. The van der Waals surface area contributed by atoms with Crippen molar-refractivity contribution in [2.24, 2.45) is 0 Å². The molecule has 1 aromatic heterocycles. The summed E-state index contributed by atoms with van der Waals surface area (Å²) in [6.07, 6.45) is 0. The summed E-state index contributed by atoms with van der Waals surface area (Å²) in [6, 6.07) is 18.3. The zero-order chi connectivity index (χ0) is 18.5. The molecule has 0 aliphatic rings. The van der Waals surface area contributed by atoms with Crippen LogP contribution in [0.25, 0.3) is 11.3 Å². The molecule has 0 fully saturated rings. The van der Waals surface area contributed by atoms with Crippen molar-refractivity contribution < 1.29 is 9.53 Å². The minimum absolute atomic E-state index is 0.340. The Hall–Kier alpha value is -2.01. The molecule has 0 amide bonds. The van der Waals surface area contributed by atoms with Crippen LogP contribution in [0, 0.1) is 0 Å². The predicted octanol–water partition coefficient (Wildman–Crippen LogP) is 6.38. The van der Waals surface area contributed by atoms with E-state index in [4.69, 9.17) is 27.9 Å². The number of halogens is 2. The number of carbonyl (C=O) groups is 1. The lowest BCUT2D eigenvalue weighted by atomic mass is 10.1. The molecule has 0 spiro atoms. The predicted molar refractivity (Wildman–Crippen MR) is 106 cm³/mol. The van der Waals surface area contributed by atoms with Gasteiger partial charge in [0.25, 0.3) is 0 Å². The lowest BCUT2D eigenvalue weighted by Crippen LogP contribution is -2.04. The van der Waals surface area contributed by atoms with Gasteiger partial charge in [0.2, 0.25) is 0 Å². The van der Waals surface area contributed by atoms with E-state index in [1.54, 1.807) is 31.2 Å². The van der Waals surface area contributed by atoms with Gasteiger partial charge < -0.3 is 4.74 Å². The van der Waals surface area contributed by atoms with Gasteiger partial charge in [0, 0.05) is 15.5 Å². The molecule has 3 rings (SSSR count). The number of rotatable bonds is 5. The van der Waals surface area contributed by atoms with E-state index in [1.807, 2.05) is 36.4 Å². The topological polar surface area (TPSA) is 39.2 Å². The summed E-state index contributed by atoms with van der Waals surface area (Å²) in [5, 5.41) is 1.98. The van der Waals surface area contributed by atoms with Crippen LogP contribution < -0.4 is 0 Å². The molecule has 0 radical (unpaired) electrons. The summed E-state index contributed by atoms with van der Waals surface area (Å²) < 4.78 is 5.06. The summed E-state index contributed by atoms with van der Waals surface area (Å²) in [4.78, 5) is 17.5. The molecular formula is C20H15Cl2NO2S. The van der Waals surface area contributed by atoms with Crippen molar-refractivity contribution in [3.8, 4) is 11.3 Å². The number of hydrogen-bond donors (Lipinski definition) is 0. The van der Waals surface area contributed by atoms with Crippen molar-refractivity contribution in [1.29, 1.82) is 0 Å². The quantitative estimate of drug-likeness (QED) is 0.463. The second-order valence-electron chi connectivity index (χ2n) is 5.34. The van der Waals surface area contributed by atoms with Crippen LogP contribution in [-0.2, 0) is 4.74 Å². The van der Waals surface area contributed by atoms with Gasteiger partial charge in [0.15, 0.2) is 0 Å². The van der Waals surface area contributed by atoms with E-state index in [-0.39, 0.29) is 5.97 Å². The SMILES string of the molecule is CCOC(=O)c1cccc(-c2cccc(Sc3ccc(Cl)cc3Cl)n2)c1. The van der Waals surface area contributed by atoms with Gasteiger partial charge in [-0.1, -0.05) is 53.2 Å². The van der Waals surface area contributed by atoms with Crippen LogP contribution in [0.4, 0.5) is 0 Å². The van der Waals surface area contributed by atoms with Crippen LogP contribution in [-0.4, -0.2) is 17.6 Å². The number of esters is 1. The summed E-state index contributed by atoms with van der Waals surface area (Å²) in [5.41, 5.74) is 2.12. The Labute approximate surface area is 166 Å². The van der Waals surface area contributed by atoms with Gasteiger partial charge in [0.05, 0.1) is 22.9 Å². The van der Waals surface area contributed by atoms with Crippen LogP contribution >= 0.6 is 35.0 Å². The third kappa shape index (κ3) is 4.58. The van der Waals surface area contributed by atoms with Crippen LogP contribution in [0.3, 0.4) is 0 Å². The molecule has 3 nitrogen and oxygen atoms in total. The molecule has 0 aliphatic carbocycles. The lowest BCUT2D eigenvalue weighted by molar-refractivity contribution is 0.0526. The molecule has 0 saturated carbocycles. The van der Waals surface area contributed by atoms with Gasteiger partial charge >= 0.3 is 5.97 Å². The third-order valence-corrected chi connectivity index (χ3v) is 5.17. The van der Waals surface area contributed by atoms with Gasteiger partial charge in [-0.25, -0.2) is 9.78 Å². The van der Waals surface area contributed by atoms with E-state index in [1.165, 1.54) is 11.8 Å². The summed E-state index contributed by atoms with van der Waals surface area (Å²) in [6.45, 7) is 2.13. The normalized spacial score (nSPS) is 10.6. The number of pyridine rings is 1. The molecule has 0 bridgehead atoms. The Morgan fingerprint density at radius 2 is 1.88 bits per heavy atom. The second-order valence-corrected chi connectivity index (χ2v) is 7.25. The van der Waals surface area contributed by atoms with Crippen molar-refractivity contribution in [3.05, 3.63) is 76.3 Å². The van der Waals surface area contributed by atoms with Crippen molar-refractivity contribution in [2.75, 3.05) is 6.61 Å². The number of nitrogens with zero attached hydrogens (tertiary/aromatic N) is 1. The van der Waals surface area contributed by atoms with E-state index in [0.29, 0.717) is 22.2 Å². The fraction of sp³-hybridized carbons (Fsp3) is 0.100. The highest BCUT2D eigenvalue weighted by Crippen LogP contribution is 2.34. The largest absolute Gasteiger partial charge is 0.462 e. The van der Waals surface area contributed by atoms with Gasteiger partial charge in [-0.3, -0.25) is 0 Å². The molecule has 0 aliphatic heterocycles. The average molecular weight is 404 g/mol. The molecule has 2 aromatic carbocycles. The van der Waals surface area contributed by atoms with Crippen molar-refractivity contribution in [2.45, 2.75) is 16.8 Å². The molecule has 132 valence electrons. The number of aromatic nitrogens is 1. The summed E-state index contributed by atoms with van der Waals surface area (Å²) in [7, 11) is 0. The lowest BCUT2D eigenvalue weighted by Gasteiger charge is -2.08. The molecule has 1 heterocycles. The van der Waals surface area contributed by atoms with Gasteiger partial charge in [-0.2, -0.15) is 0 Å².